The monoisotopic (exact) mass is 444 g/mol. The van der Waals surface area contributed by atoms with E-state index in [4.69, 9.17) is 4.74 Å². The number of carbonyl (C=O) groups excluding carboxylic acids is 2. The van der Waals surface area contributed by atoms with Crippen LogP contribution in [0.2, 0.25) is 0 Å². The highest BCUT2D eigenvalue weighted by molar-refractivity contribution is 7.15. The Morgan fingerprint density at radius 2 is 1.84 bits per heavy atom. The van der Waals surface area contributed by atoms with E-state index in [1.807, 2.05) is 4.90 Å². The molecule has 1 saturated carbocycles. The predicted octanol–water partition coefficient (Wildman–Crippen LogP) is 5.40. The molecule has 1 amide bonds. The van der Waals surface area contributed by atoms with Crippen LogP contribution in [-0.4, -0.2) is 38.1 Å². The van der Waals surface area contributed by atoms with E-state index >= 15 is 0 Å². The number of amides is 1. The van der Waals surface area contributed by atoms with E-state index in [-0.39, 0.29) is 23.8 Å². The number of rotatable bonds is 5. The summed E-state index contributed by atoms with van der Waals surface area (Å²) in [6.45, 7) is 4.10. The summed E-state index contributed by atoms with van der Waals surface area (Å²) in [6.07, 6.45) is 12.8. The summed E-state index contributed by atoms with van der Waals surface area (Å²) in [7, 11) is 1.44. The fraction of sp³-hybridized carbons (Fsp3) is 0.680. The molecule has 31 heavy (non-hydrogen) atoms. The van der Waals surface area contributed by atoms with Crippen molar-refractivity contribution < 1.29 is 14.3 Å². The Labute approximate surface area is 190 Å². The minimum Gasteiger partial charge on any atom is -0.465 e. The second kappa shape index (κ2) is 10.3. The van der Waals surface area contributed by atoms with Crippen molar-refractivity contribution >= 4 is 34.5 Å². The number of nitrogens with one attached hydrogen (secondary N) is 1. The van der Waals surface area contributed by atoms with Gasteiger partial charge in [0.15, 0.2) is 0 Å². The molecule has 0 bridgehead atoms. The zero-order valence-electron chi connectivity index (χ0n) is 19.0. The van der Waals surface area contributed by atoms with Gasteiger partial charge in [-0.15, -0.1) is 11.3 Å². The van der Waals surface area contributed by atoms with Gasteiger partial charge in [-0.25, -0.2) is 4.79 Å². The van der Waals surface area contributed by atoms with Gasteiger partial charge in [-0.05, 0) is 94.9 Å². The number of thiophene rings is 1. The van der Waals surface area contributed by atoms with Crippen molar-refractivity contribution in [3.8, 4) is 0 Å². The minimum absolute atomic E-state index is 0.0637. The van der Waals surface area contributed by atoms with E-state index in [2.05, 4.69) is 24.4 Å². The number of ether oxygens (including phenoxy) is 1. The second-order valence-electron chi connectivity index (χ2n) is 9.44. The topological polar surface area (TPSA) is 58.6 Å². The number of methoxy groups -OCH3 is 1. The van der Waals surface area contributed by atoms with Crippen molar-refractivity contribution in [2.24, 2.45) is 11.8 Å². The zero-order valence-corrected chi connectivity index (χ0v) is 19.8. The Kier molecular flexibility index (Phi) is 7.49. The van der Waals surface area contributed by atoms with Crippen LogP contribution in [0.1, 0.15) is 85.7 Å². The number of piperidine rings is 1. The molecular weight excluding hydrogens is 408 g/mol. The summed E-state index contributed by atoms with van der Waals surface area (Å²) in [5, 5.41) is 3.41. The van der Waals surface area contributed by atoms with E-state index < -0.39 is 0 Å². The number of allylic oxidation sites excluding steroid dienone is 2. The van der Waals surface area contributed by atoms with Crippen LogP contribution in [0, 0.1) is 11.8 Å². The molecule has 5 nitrogen and oxygen atoms in total. The summed E-state index contributed by atoms with van der Waals surface area (Å²) >= 11 is 1.50. The van der Waals surface area contributed by atoms with Gasteiger partial charge in [0, 0.05) is 16.8 Å². The van der Waals surface area contributed by atoms with E-state index in [1.54, 1.807) is 0 Å². The average Bonchev–Trinajstić information content (AvgIpc) is 3.25. The largest absolute Gasteiger partial charge is 0.465 e. The number of esters is 1. The lowest BCUT2D eigenvalue weighted by atomic mass is 9.82. The lowest BCUT2D eigenvalue weighted by Gasteiger charge is -2.38. The normalized spacial score (nSPS) is 25.0. The van der Waals surface area contributed by atoms with Gasteiger partial charge in [0.1, 0.15) is 4.88 Å². The van der Waals surface area contributed by atoms with Crippen molar-refractivity contribution in [1.29, 1.82) is 0 Å². The predicted molar refractivity (Wildman–Crippen MR) is 127 cm³/mol. The van der Waals surface area contributed by atoms with Gasteiger partial charge in [0.05, 0.1) is 12.8 Å². The summed E-state index contributed by atoms with van der Waals surface area (Å²) in [6, 6.07) is 2.25. The molecule has 0 radical (unpaired) electrons. The molecule has 1 aromatic rings. The lowest BCUT2D eigenvalue weighted by Crippen LogP contribution is -2.49. The van der Waals surface area contributed by atoms with Gasteiger partial charge in [0.25, 0.3) is 0 Å². The van der Waals surface area contributed by atoms with Crippen LogP contribution in [0.3, 0.4) is 0 Å². The third-order valence-electron chi connectivity index (χ3n) is 7.23. The maximum atomic E-state index is 13.9. The highest BCUT2D eigenvalue weighted by atomic mass is 32.1. The van der Waals surface area contributed by atoms with Crippen LogP contribution < -0.4 is 10.2 Å². The van der Waals surface area contributed by atoms with Gasteiger partial charge in [-0.3, -0.25) is 4.79 Å². The van der Waals surface area contributed by atoms with Crippen molar-refractivity contribution in [2.75, 3.05) is 25.1 Å². The van der Waals surface area contributed by atoms with Crippen molar-refractivity contribution in [1.82, 2.24) is 5.32 Å². The fourth-order valence-electron chi connectivity index (χ4n) is 5.28. The van der Waals surface area contributed by atoms with E-state index in [9.17, 15) is 9.59 Å². The maximum Gasteiger partial charge on any atom is 0.350 e. The molecule has 1 aromatic heterocycles. The van der Waals surface area contributed by atoms with Crippen LogP contribution in [0.15, 0.2) is 12.1 Å². The zero-order chi connectivity index (χ0) is 21.8. The first-order valence-electron chi connectivity index (χ1n) is 12.0. The van der Waals surface area contributed by atoms with Crippen molar-refractivity contribution in [3.05, 3.63) is 21.9 Å². The van der Waals surface area contributed by atoms with Crippen molar-refractivity contribution in [3.63, 3.8) is 0 Å². The molecule has 1 aliphatic heterocycles. The molecule has 3 aliphatic rings. The van der Waals surface area contributed by atoms with Crippen LogP contribution in [0.4, 0.5) is 5.69 Å². The number of carbonyl (C=O) groups is 2. The molecule has 2 fully saturated rings. The number of anilines is 1. The summed E-state index contributed by atoms with van der Waals surface area (Å²) in [4.78, 5) is 30.4. The van der Waals surface area contributed by atoms with Gasteiger partial charge in [-0.1, -0.05) is 13.0 Å². The Balaban J connectivity index is 1.72. The highest BCUT2D eigenvalue weighted by Crippen LogP contribution is 2.41. The SMILES string of the molecule is COC(=O)c1sc(C2=CCCCC2)cc1N(C(=O)C1CCC(C)CC1)C1CCNCC1. The first kappa shape index (κ1) is 22.5. The Hall–Kier alpha value is -1.66. The standard InChI is InChI=1S/C25H36N2O3S/c1-17-8-10-19(11-9-17)24(28)27(20-12-14-26-15-13-20)21-16-22(18-6-4-3-5-7-18)31-23(21)25(29)30-2/h6,16-17,19-20,26H,3-5,7-15H2,1-2H3. The molecule has 4 rings (SSSR count). The Morgan fingerprint density at radius 1 is 1.10 bits per heavy atom. The molecule has 2 aliphatic carbocycles. The van der Waals surface area contributed by atoms with Gasteiger partial charge in [-0.2, -0.15) is 0 Å². The third-order valence-corrected chi connectivity index (χ3v) is 8.41. The smallest absolute Gasteiger partial charge is 0.350 e. The summed E-state index contributed by atoms with van der Waals surface area (Å²) in [5.74, 6) is 0.652. The van der Waals surface area contributed by atoms with E-state index in [0.29, 0.717) is 10.8 Å². The molecule has 0 atom stereocenters. The van der Waals surface area contributed by atoms with Crippen LogP contribution in [0.5, 0.6) is 0 Å². The molecule has 1 saturated heterocycles. The van der Waals surface area contributed by atoms with Crippen LogP contribution in [-0.2, 0) is 9.53 Å². The lowest BCUT2D eigenvalue weighted by molar-refractivity contribution is -0.124. The number of hydrogen-bond acceptors (Lipinski definition) is 5. The molecule has 0 aromatic carbocycles. The molecule has 170 valence electrons. The number of nitrogens with zero attached hydrogens (tertiary/aromatic N) is 1. The molecule has 2 heterocycles. The molecular formula is C25H36N2O3S. The maximum absolute atomic E-state index is 13.9. The first-order chi connectivity index (χ1) is 15.1. The molecule has 0 spiro atoms. The summed E-state index contributed by atoms with van der Waals surface area (Å²) < 4.78 is 5.16. The third kappa shape index (κ3) is 5.06. The van der Waals surface area contributed by atoms with E-state index in [0.717, 1.165) is 75.0 Å². The van der Waals surface area contributed by atoms with Crippen LogP contribution >= 0.6 is 11.3 Å². The first-order valence-corrected chi connectivity index (χ1v) is 12.9. The second-order valence-corrected chi connectivity index (χ2v) is 10.5. The minimum atomic E-state index is -0.327. The summed E-state index contributed by atoms with van der Waals surface area (Å²) in [5.41, 5.74) is 2.10. The highest BCUT2D eigenvalue weighted by Gasteiger charge is 2.36. The number of hydrogen-bond donors (Lipinski definition) is 1. The van der Waals surface area contributed by atoms with Crippen molar-refractivity contribution in [2.45, 2.75) is 77.2 Å². The van der Waals surface area contributed by atoms with Crippen LogP contribution in [0.25, 0.3) is 5.57 Å². The van der Waals surface area contributed by atoms with Gasteiger partial charge in [0.2, 0.25) is 5.91 Å². The average molecular weight is 445 g/mol. The molecule has 1 N–H and O–H groups in total. The molecule has 0 unspecified atom stereocenters. The fourth-order valence-corrected chi connectivity index (χ4v) is 6.42. The Morgan fingerprint density at radius 3 is 2.48 bits per heavy atom. The van der Waals surface area contributed by atoms with Gasteiger partial charge < -0.3 is 15.0 Å². The van der Waals surface area contributed by atoms with Gasteiger partial charge >= 0.3 is 5.97 Å². The van der Waals surface area contributed by atoms with E-state index in [1.165, 1.54) is 36.9 Å². The quantitative estimate of drug-likeness (QED) is 0.618. The Bertz CT molecular complexity index is 817. The molecule has 6 heteroatoms.